The SMILES string of the molecule is CCc1nc2ccccc2n1CC(N)C(=O)OC. The number of aryl methyl sites for hydroxylation is 1. The van der Waals surface area contributed by atoms with E-state index in [1.54, 1.807) is 0 Å². The van der Waals surface area contributed by atoms with E-state index < -0.39 is 12.0 Å². The molecule has 5 nitrogen and oxygen atoms in total. The molecule has 0 amide bonds. The van der Waals surface area contributed by atoms with E-state index in [1.165, 1.54) is 7.11 Å². The second-order valence-corrected chi connectivity index (χ2v) is 4.11. The number of aromatic nitrogens is 2. The lowest BCUT2D eigenvalue weighted by Gasteiger charge is -2.13. The maximum Gasteiger partial charge on any atom is 0.324 e. The molecule has 1 aromatic heterocycles. The summed E-state index contributed by atoms with van der Waals surface area (Å²) in [5, 5.41) is 0. The summed E-state index contributed by atoms with van der Waals surface area (Å²) < 4.78 is 6.63. The van der Waals surface area contributed by atoms with Crippen LogP contribution >= 0.6 is 0 Å². The van der Waals surface area contributed by atoms with Crippen molar-refractivity contribution < 1.29 is 9.53 Å². The van der Waals surface area contributed by atoms with E-state index in [0.29, 0.717) is 6.54 Å². The highest BCUT2D eigenvalue weighted by molar-refractivity contribution is 5.78. The Morgan fingerprint density at radius 1 is 1.50 bits per heavy atom. The quantitative estimate of drug-likeness (QED) is 0.821. The molecule has 2 rings (SSSR count). The van der Waals surface area contributed by atoms with Crippen molar-refractivity contribution in [1.29, 1.82) is 0 Å². The van der Waals surface area contributed by atoms with E-state index in [4.69, 9.17) is 5.73 Å². The number of carbonyl (C=O) groups excluding carboxylic acids is 1. The number of nitrogens with two attached hydrogens (primary N) is 1. The first-order valence-corrected chi connectivity index (χ1v) is 5.95. The van der Waals surface area contributed by atoms with E-state index in [9.17, 15) is 4.79 Å². The van der Waals surface area contributed by atoms with E-state index in [1.807, 2.05) is 35.8 Å². The number of benzene rings is 1. The fourth-order valence-electron chi connectivity index (χ4n) is 2.02. The third-order valence-electron chi connectivity index (χ3n) is 2.93. The molecule has 18 heavy (non-hydrogen) atoms. The Hall–Kier alpha value is -1.88. The Balaban J connectivity index is 2.39. The zero-order valence-electron chi connectivity index (χ0n) is 10.6. The number of para-hydroxylation sites is 2. The lowest BCUT2D eigenvalue weighted by atomic mass is 10.2. The average molecular weight is 247 g/mol. The summed E-state index contributed by atoms with van der Waals surface area (Å²) in [6, 6.07) is 7.15. The van der Waals surface area contributed by atoms with Crippen molar-refractivity contribution in [3.63, 3.8) is 0 Å². The average Bonchev–Trinajstić information content (AvgIpc) is 2.76. The monoisotopic (exact) mass is 247 g/mol. The molecule has 0 saturated heterocycles. The van der Waals surface area contributed by atoms with Gasteiger partial charge in [0.15, 0.2) is 0 Å². The predicted molar refractivity (Wildman–Crippen MR) is 69.1 cm³/mol. The van der Waals surface area contributed by atoms with Crippen molar-refractivity contribution in [3.8, 4) is 0 Å². The fraction of sp³-hybridized carbons (Fsp3) is 0.385. The molecule has 0 aliphatic rings. The van der Waals surface area contributed by atoms with Crippen LogP contribution in [-0.2, 0) is 22.5 Å². The van der Waals surface area contributed by atoms with Crippen LogP contribution in [0.1, 0.15) is 12.7 Å². The first-order valence-electron chi connectivity index (χ1n) is 5.95. The molecule has 0 radical (unpaired) electrons. The zero-order valence-corrected chi connectivity index (χ0v) is 10.6. The minimum atomic E-state index is -0.669. The normalized spacial score (nSPS) is 12.6. The second-order valence-electron chi connectivity index (χ2n) is 4.11. The highest BCUT2D eigenvalue weighted by Crippen LogP contribution is 2.16. The van der Waals surface area contributed by atoms with Crippen LogP contribution in [0.2, 0.25) is 0 Å². The van der Waals surface area contributed by atoms with E-state index in [0.717, 1.165) is 23.3 Å². The second kappa shape index (κ2) is 5.18. The minimum Gasteiger partial charge on any atom is -0.468 e. The number of carbonyl (C=O) groups is 1. The van der Waals surface area contributed by atoms with Crippen molar-refractivity contribution in [2.24, 2.45) is 5.73 Å². The number of imidazole rings is 1. The Bertz CT molecular complexity index is 562. The van der Waals surface area contributed by atoms with Crippen LogP contribution in [0.3, 0.4) is 0 Å². The molecule has 1 heterocycles. The Morgan fingerprint density at radius 2 is 2.22 bits per heavy atom. The fourth-order valence-corrected chi connectivity index (χ4v) is 2.02. The summed E-state index contributed by atoms with van der Waals surface area (Å²) in [4.78, 5) is 15.9. The Labute approximate surface area is 106 Å². The van der Waals surface area contributed by atoms with Crippen molar-refractivity contribution in [2.75, 3.05) is 7.11 Å². The van der Waals surface area contributed by atoms with Gasteiger partial charge in [0.25, 0.3) is 0 Å². The van der Waals surface area contributed by atoms with Crippen LogP contribution < -0.4 is 5.73 Å². The number of hydrogen-bond donors (Lipinski definition) is 1. The van der Waals surface area contributed by atoms with Gasteiger partial charge >= 0.3 is 5.97 Å². The summed E-state index contributed by atoms with van der Waals surface area (Å²) in [7, 11) is 1.34. The number of hydrogen-bond acceptors (Lipinski definition) is 4. The zero-order chi connectivity index (χ0) is 13.1. The first kappa shape index (κ1) is 12.6. The number of methoxy groups -OCH3 is 1. The number of nitrogens with zero attached hydrogens (tertiary/aromatic N) is 2. The summed E-state index contributed by atoms with van der Waals surface area (Å²) in [5.74, 6) is 0.519. The van der Waals surface area contributed by atoms with Crippen LogP contribution in [0.4, 0.5) is 0 Å². The van der Waals surface area contributed by atoms with Gasteiger partial charge in [-0.3, -0.25) is 4.79 Å². The van der Waals surface area contributed by atoms with Crippen LogP contribution in [-0.4, -0.2) is 28.7 Å². The molecule has 0 bridgehead atoms. The van der Waals surface area contributed by atoms with Crippen LogP contribution in [0.5, 0.6) is 0 Å². The molecule has 0 aliphatic heterocycles. The summed E-state index contributed by atoms with van der Waals surface area (Å²) in [6.45, 7) is 2.41. The van der Waals surface area contributed by atoms with Gasteiger partial charge in [0.2, 0.25) is 0 Å². The lowest BCUT2D eigenvalue weighted by molar-refractivity contribution is -0.142. The third kappa shape index (κ3) is 2.22. The van der Waals surface area contributed by atoms with Crippen LogP contribution in [0, 0.1) is 0 Å². The summed E-state index contributed by atoms with van der Waals surface area (Å²) in [6.07, 6.45) is 0.794. The maximum atomic E-state index is 11.4. The lowest BCUT2D eigenvalue weighted by Crippen LogP contribution is -2.36. The Kier molecular flexibility index (Phi) is 3.62. The molecule has 0 saturated carbocycles. The summed E-state index contributed by atoms with van der Waals surface area (Å²) in [5.41, 5.74) is 7.73. The molecule has 1 atom stereocenters. The predicted octanol–water partition coefficient (Wildman–Crippen LogP) is 1.10. The van der Waals surface area contributed by atoms with Crippen LogP contribution in [0.15, 0.2) is 24.3 Å². The number of fused-ring (bicyclic) bond motifs is 1. The molecule has 1 unspecified atom stereocenters. The molecule has 96 valence electrons. The van der Waals surface area contributed by atoms with Gasteiger partial charge in [0, 0.05) is 6.42 Å². The molecule has 0 aliphatic carbocycles. The van der Waals surface area contributed by atoms with Gasteiger partial charge < -0.3 is 15.0 Å². The van der Waals surface area contributed by atoms with E-state index >= 15 is 0 Å². The van der Waals surface area contributed by atoms with E-state index in [2.05, 4.69) is 9.72 Å². The van der Waals surface area contributed by atoms with Gasteiger partial charge in [-0.15, -0.1) is 0 Å². The molecular formula is C13H17N3O2. The first-order chi connectivity index (χ1) is 8.67. The smallest absolute Gasteiger partial charge is 0.324 e. The highest BCUT2D eigenvalue weighted by Gasteiger charge is 2.17. The Morgan fingerprint density at radius 3 is 2.89 bits per heavy atom. The number of esters is 1. The van der Waals surface area contributed by atoms with Crippen molar-refractivity contribution in [3.05, 3.63) is 30.1 Å². The van der Waals surface area contributed by atoms with Gasteiger partial charge in [-0.05, 0) is 12.1 Å². The van der Waals surface area contributed by atoms with E-state index in [-0.39, 0.29) is 0 Å². The van der Waals surface area contributed by atoms with Gasteiger partial charge in [-0.2, -0.15) is 0 Å². The maximum absolute atomic E-state index is 11.4. The van der Waals surface area contributed by atoms with Crippen molar-refractivity contribution >= 4 is 17.0 Å². The number of rotatable bonds is 4. The highest BCUT2D eigenvalue weighted by atomic mass is 16.5. The molecular weight excluding hydrogens is 230 g/mol. The van der Waals surface area contributed by atoms with Gasteiger partial charge in [0.1, 0.15) is 11.9 Å². The van der Waals surface area contributed by atoms with Crippen LogP contribution in [0.25, 0.3) is 11.0 Å². The number of ether oxygens (including phenoxy) is 1. The molecule has 1 aromatic carbocycles. The largest absolute Gasteiger partial charge is 0.468 e. The van der Waals surface area contributed by atoms with Crippen molar-refractivity contribution in [2.45, 2.75) is 25.9 Å². The molecule has 0 spiro atoms. The van der Waals surface area contributed by atoms with Gasteiger partial charge in [-0.25, -0.2) is 4.98 Å². The standard InChI is InChI=1S/C13H17N3O2/c1-3-12-15-10-6-4-5-7-11(10)16(12)8-9(14)13(17)18-2/h4-7,9H,3,8,14H2,1-2H3. The van der Waals surface area contributed by atoms with Crippen molar-refractivity contribution in [1.82, 2.24) is 9.55 Å². The van der Waals surface area contributed by atoms with Gasteiger partial charge in [0.05, 0.1) is 24.7 Å². The summed E-state index contributed by atoms with van der Waals surface area (Å²) >= 11 is 0. The molecule has 5 heteroatoms. The minimum absolute atomic E-state index is 0.385. The van der Waals surface area contributed by atoms with Gasteiger partial charge in [-0.1, -0.05) is 19.1 Å². The molecule has 0 fully saturated rings. The third-order valence-corrected chi connectivity index (χ3v) is 2.93. The molecule has 2 aromatic rings. The molecule has 2 N–H and O–H groups in total. The topological polar surface area (TPSA) is 70.1 Å².